The zero-order chi connectivity index (χ0) is 17.1. The predicted octanol–water partition coefficient (Wildman–Crippen LogP) is 2.48. The Bertz CT molecular complexity index is 878. The average molecular weight is 381 g/mol. The number of amidine groups is 1. The molecular weight excluding hydrogens is 369 g/mol. The monoisotopic (exact) mass is 382 g/mol. The second-order valence-corrected chi connectivity index (χ2v) is 5.76. The Labute approximate surface area is 147 Å². The number of benzene rings is 2. The number of amides is 1. The van der Waals surface area contributed by atoms with Gasteiger partial charge in [-0.1, -0.05) is 0 Å². The van der Waals surface area contributed by atoms with Crippen molar-refractivity contribution in [2.45, 2.75) is 0 Å². The number of nitriles is 1. The molecule has 5 nitrogen and oxygen atoms in total. The Morgan fingerprint density at radius 2 is 1.83 bits per heavy atom. The molecule has 1 radical (unpaired) electrons. The van der Waals surface area contributed by atoms with Crippen molar-refractivity contribution in [3.8, 4) is 11.8 Å². The van der Waals surface area contributed by atoms with Crippen molar-refractivity contribution in [1.82, 2.24) is 0 Å². The second kappa shape index (κ2) is 6.71. The van der Waals surface area contributed by atoms with Crippen molar-refractivity contribution in [1.29, 1.82) is 5.26 Å². The van der Waals surface area contributed by atoms with E-state index in [4.69, 9.17) is 10.00 Å². The molecule has 6 heteroatoms. The van der Waals surface area contributed by atoms with Crippen molar-refractivity contribution >= 4 is 38.4 Å². The van der Waals surface area contributed by atoms with Crippen LogP contribution < -0.4 is 9.64 Å². The summed E-state index contributed by atoms with van der Waals surface area (Å²) in [5.41, 5.74) is 2.43. The molecule has 0 aliphatic carbocycles. The molecular formula is C18H12N3O2Se. The van der Waals surface area contributed by atoms with Gasteiger partial charge in [-0.05, 0) is 0 Å². The molecule has 24 heavy (non-hydrogen) atoms. The van der Waals surface area contributed by atoms with Gasteiger partial charge in [-0.2, -0.15) is 0 Å². The molecule has 0 unspecified atom stereocenters. The summed E-state index contributed by atoms with van der Waals surface area (Å²) >= 11 is 2.82. The Morgan fingerprint density at radius 3 is 2.42 bits per heavy atom. The van der Waals surface area contributed by atoms with Crippen LogP contribution in [0.25, 0.3) is 6.08 Å². The summed E-state index contributed by atoms with van der Waals surface area (Å²) in [6.07, 6.45) is 1.70. The van der Waals surface area contributed by atoms with Crippen molar-refractivity contribution in [3.63, 3.8) is 0 Å². The molecule has 0 bridgehead atoms. The summed E-state index contributed by atoms with van der Waals surface area (Å²) in [4.78, 5) is 18.5. The molecule has 0 atom stereocenters. The first-order valence-corrected chi connectivity index (χ1v) is 7.94. The third-order valence-corrected chi connectivity index (χ3v) is 4.08. The van der Waals surface area contributed by atoms with Crippen LogP contribution in [0, 0.1) is 11.3 Å². The summed E-state index contributed by atoms with van der Waals surface area (Å²) < 4.78 is 5.62. The number of rotatable bonds is 3. The quantitative estimate of drug-likeness (QED) is 0.606. The van der Waals surface area contributed by atoms with Gasteiger partial charge in [-0.3, -0.25) is 0 Å². The Morgan fingerprint density at radius 1 is 1.17 bits per heavy atom. The molecule has 2 aromatic rings. The summed E-state index contributed by atoms with van der Waals surface area (Å²) in [5, 5.41) is 8.83. The minimum atomic E-state index is -0.210. The van der Waals surface area contributed by atoms with Gasteiger partial charge in [0.25, 0.3) is 0 Å². The topological polar surface area (TPSA) is 65.7 Å². The molecule has 1 amide bonds. The Hall–Kier alpha value is -2.87. The second-order valence-electron chi connectivity index (χ2n) is 5.00. The van der Waals surface area contributed by atoms with Crippen LogP contribution in [0.3, 0.4) is 0 Å². The number of carbonyl (C=O) groups is 1. The van der Waals surface area contributed by atoms with E-state index in [2.05, 4.69) is 27.1 Å². The third kappa shape index (κ3) is 3.09. The Balaban J connectivity index is 1.88. The number of ether oxygens (including phenoxy) is 1. The van der Waals surface area contributed by atoms with E-state index in [0.29, 0.717) is 21.7 Å². The molecule has 2 aromatic carbocycles. The molecule has 1 heterocycles. The van der Waals surface area contributed by atoms with Gasteiger partial charge in [-0.15, -0.1) is 0 Å². The fourth-order valence-electron chi connectivity index (χ4n) is 2.27. The molecule has 0 saturated carbocycles. The van der Waals surface area contributed by atoms with Gasteiger partial charge in [0.05, 0.1) is 0 Å². The first-order valence-electron chi connectivity index (χ1n) is 7.08. The number of methoxy groups -OCH3 is 1. The fraction of sp³-hybridized carbons (Fsp3) is 0.0556. The fourth-order valence-corrected chi connectivity index (χ4v) is 2.87. The molecule has 0 fully saturated rings. The van der Waals surface area contributed by atoms with Crippen molar-refractivity contribution in [3.05, 3.63) is 65.4 Å². The summed E-state index contributed by atoms with van der Waals surface area (Å²) in [6.45, 7) is 0. The van der Waals surface area contributed by atoms with Gasteiger partial charge in [0, 0.05) is 0 Å². The van der Waals surface area contributed by atoms with Crippen LogP contribution in [0.4, 0.5) is 5.69 Å². The zero-order valence-electron chi connectivity index (χ0n) is 12.8. The third-order valence-electron chi connectivity index (χ3n) is 3.50. The van der Waals surface area contributed by atoms with Crippen molar-refractivity contribution in [2.24, 2.45) is 4.99 Å². The summed E-state index contributed by atoms with van der Waals surface area (Å²) in [6, 6.07) is 16.2. The average Bonchev–Trinajstić information content (AvgIpc) is 2.89. The first-order chi connectivity index (χ1) is 11.6. The van der Waals surface area contributed by atoms with Gasteiger partial charge >= 0.3 is 147 Å². The van der Waals surface area contributed by atoms with Crippen LogP contribution in [0.2, 0.25) is 0 Å². The standard InChI is InChI=1S/C18H12N3O2Se/c1-23-15-8-6-14(7-9-15)21-17(22)16(20-18(21)24)10-12-2-4-13(11-19)5-3-12/h2-10H,1H3/b16-10-. The van der Waals surface area contributed by atoms with Gasteiger partial charge in [-0.25, -0.2) is 0 Å². The molecule has 0 N–H and O–H groups in total. The maximum absolute atomic E-state index is 12.6. The van der Waals surface area contributed by atoms with Crippen LogP contribution in [-0.2, 0) is 4.79 Å². The number of aliphatic imine (C=N–C) groups is 1. The predicted molar refractivity (Wildman–Crippen MR) is 92.8 cm³/mol. The molecule has 1 aliphatic heterocycles. The van der Waals surface area contributed by atoms with Gasteiger partial charge in [0.1, 0.15) is 0 Å². The van der Waals surface area contributed by atoms with Crippen molar-refractivity contribution < 1.29 is 9.53 Å². The van der Waals surface area contributed by atoms with E-state index in [1.807, 2.05) is 0 Å². The Kier molecular flexibility index (Phi) is 4.48. The van der Waals surface area contributed by atoms with Crippen molar-refractivity contribution in [2.75, 3.05) is 12.0 Å². The number of nitrogens with zero attached hydrogens (tertiary/aromatic N) is 3. The minimum absolute atomic E-state index is 0.210. The molecule has 3 rings (SSSR count). The van der Waals surface area contributed by atoms with Gasteiger partial charge in [0.15, 0.2) is 0 Å². The first kappa shape index (κ1) is 16.0. The van der Waals surface area contributed by atoms with E-state index >= 15 is 0 Å². The van der Waals surface area contributed by atoms with E-state index in [1.165, 1.54) is 4.90 Å². The number of hydrogen-bond acceptors (Lipinski definition) is 4. The number of anilines is 1. The van der Waals surface area contributed by atoms with Crippen LogP contribution in [0.5, 0.6) is 5.75 Å². The zero-order valence-corrected chi connectivity index (χ0v) is 14.5. The molecule has 1 aliphatic rings. The summed E-state index contributed by atoms with van der Waals surface area (Å²) in [7, 11) is 1.59. The van der Waals surface area contributed by atoms with E-state index < -0.39 is 0 Å². The van der Waals surface area contributed by atoms with E-state index in [-0.39, 0.29) is 5.91 Å². The molecule has 117 valence electrons. The molecule has 0 spiro atoms. The number of hydrogen-bond donors (Lipinski definition) is 0. The van der Waals surface area contributed by atoms with E-state index in [9.17, 15) is 4.79 Å². The SMILES string of the molecule is COc1ccc(N2C(=O)/C(=C/c3ccc(C#N)cc3)N=C2[Se])cc1. The van der Waals surface area contributed by atoms with Gasteiger partial charge in [0.2, 0.25) is 0 Å². The normalized spacial score (nSPS) is 15.3. The molecule has 0 aromatic heterocycles. The van der Waals surface area contributed by atoms with Crippen LogP contribution in [0.15, 0.2) is 59.2 Å². The van der Waals surface area contributed by atoms with Crippen LogP contribution in [-0.4, -0.2) is 33.8 Å². The molecule has 0 saturated heterocycles. The van der Waals surface area contributed by atoms with Gasteiger partial charge < -0.3 is 0 Å². The van der Waals surface area contributed by atoms with Crippen LogP contribution >= 0.6 is 0 Å². The number of carbonyl (C=O) groups excluding carboxylic acids is 1. The maximum atomic E-state index is 12.6. The van der Waals surface area contributed by atoms with E-state index in [1.54, 1.807) is 61.7 Å². The van der Waals surface area contributed by atoms with Crippen LogP contribution in [0.1, 0.15) is 11.1 Å². The summed E-state index contributed by atoms with van der Waals surface area (Å²) in [5.74, 6) is 0.510. The van der Waals surface area contributed by atoms with E-state index in [0.717, 1.165) is 11.3 Å².